The second-order valence-electron chi connectivity index (χ2n) is 3.26. The Balaban J connectivity index is 2.64. The number of nitrogens with one attached hydrogen (secondary N) is 1. The van der Waals surface area contributed by atoms with Gasteiger partial charge in [-0.1, -0.05) is 0 Å². The molecule has 1 heterocycles. The Hall–Kier alpha value is -1.50. The molecule has 0 radical (unpaired) electrons. The van der Waals surface area contributed by atoms with Gasteiger partial charge in [0, 0.05) is 35.0 Å². The minimum Gasteiger partial charge on any atom is -0.477 e. The third kappa shape index (κ3) is 3.58. The first kappa shape index (κ1) is 12.6. The predicted molar refractivity (Wildman–Crippen MR) is 61.0 cm³/mol. The third-order valence-corrected chi connectivity index (χ3v) is 3.29. The van der Waals surface area contributed by atoms with Crippen molar-refractivity contribution in [1.29, 1.82) is 0 Å². The van der Waals surface area contributed by atoms with E-state index in [9.17, 15) is 9.00 Å². The van der Waals surface area contributed by atoms with Gasteiger partial charge in [0.2, 0.25) is 5.95 Å². The van der Waals surface area contributed by atoms with Crippen molar-refractivity contribution in [2.75, 3.05) is 18.1 Å². The van der Waals surface area contributed by atoms with Gasteiger partial charge in [-0.15, -0.1) is 0 Å². The first-order valence-corrected chi connectivity index (χ1v) is 6.25. The van der Waals surface area contributed by atoms with E-state index in [0.717, 1.165) is 0 Å². The number of hydrogen-bond donors (Lipinski definition) is 2. The van der Waals surface area contributed by atoms with Crippen LogP contribution in [0.25, 0.3) is 0 Å². The van der Waals surface area contributed by atoms with Crippen LogP contribution in [0.3, 0.4) is 0 Å². The lowest BCUT2D eigenvalue weighted by molar-refractivity contribution is 0.0690. The van der Waals surface area contributed by atoms with Crippen LogP contribution in [0.2, 0.25) is 0 Å². The highest BCUT2D eigenvalue weighted by atomic mass is 32.2. The summed E-state index contributed by atoms with van der Waals surface area (Å²) in [7, 11) is -0.932. The lowest BCUT2D eigenvalue weighted by Crippen LogP contribution is -2.22. The van der Waals surface area contributed by atoms with E-state index in [0.29, 0.717) is 6.54 Å². The Morgan fingerprint density at radius 1 is 1.69 bits per heavy atom. The first-order chi connectivity index (χ1) is 7.50. The van der Waals surface area contributed by atoms with Gasteiger partial charge >= 0.3 is 5.97 Å². The van der Waals surface area contributed by atoms with E-state index in [1.807, 2.05) is 6.92 Å². The molecule has 0 saturated heterocycles. The van der Waals surface area contributed by atoms with Gasteiger partial charge in [0.1, 0.15) is 0 Å². The fraction of sp³-hybridized carbons (Fsp3) is 0.444. The molecule has 0 saturated carbocycles. The quantitative estimate of drug-likeness (QED) is 0.775. The average molecular weight is 243 g/mol. The summed E-state index contributed by atoms with van der Waals surface area (Å²) in [5.74, 6) is -0.866. The SMILES string of the molecule is CC(CNc1nccc(C(=O)O)n1)S(C)=O. The van der Waals surface area contributed by atoms with Crippen LogP contribution in [0.4, 0.5) is 5.95 Å². The zero-order chi connectivity index (χ0) is 12.1. The molecule has 0 fully saturated rings. The molecule has 1 aromatic rings. The molecule has 0 aliphatic carbocycles. The maximum absolute atomic E-state index is 11.1. The Labute approximate surface area is 95.6 Å². The number of carbonyl (C=O) groups is 1. The summed E-state index contributed by atoms with van der Waals surface area (Å²) in [5, 5.41) is 11.5. The number of aromatic nitrogens is 2. The lowest BCUT2D eigenvalue weighted by atomic mass is 10.4. The number of aromatic carboxylic acids is 1. The van der Waals surface area contributed by atoms with Crippen LogP contribution < -0.4 is 5.32 Å². The van der Waals surface area contributed by atoms with Crippen molar-refractivity contribution in [2.45, 2.75) is 12.2 Å². The minimum atomic E-state index is -1.10. The van der Waals surface area contributed by atoms with Gasteiger partial charge in [-0.2, -0.15) is 0 Å². The molecule has 2 N–H and O–H groups in total. The zero-order valence-corrected chi connectivity index (χ0v) is 9.82. The molecular formula is C9H13N3O3S. The Kier molecular flexibility index (Phi) is 4.36. The normalized spacial score (nSPS) is 14.1. The summed E-state index contributed by atoms with van der Waals surface area (Å²) < 4.78 is 11.1. The van der Waals surface area contributed by atoms with Crippen molar-refractivity contribution in [3.63, 3.8) is 0 Å². The second kappa shape index (κ2) is 5.55. The number of hydrogen-bond acceptors (Lipinski definition) is 5. The average Bonchev–Trinajstić information content (AvgIpc) is 2.26. The molecule has 7 heteroatoms. The van der Waals surface area contributed by atoms with Gasteiger partial charge in [-0.25, -0.2) is 14.8 Å². The highest BCUT2D eigenvalue weighted by Gasteiger charge is 2.08. The van der Waals surface area contributed by atoms with Gasteiger partial charge in [0.25, 0.3) is 0 Å². The van der Waals surface area contributed by atoms with Gasteiger partial charge in [-0.3, -0.25) is 4.21 Å². The Morgan fingerprint density at radius 3 is 2.94 bits per heavy atom. The maximum Gasteiger partial charge on any atom is 0.354 e. The molecule has 16 heavy (non-hydrogen) atoms. The van der Waals surface area contributed by atoms with Crippen LogP contribution in [0, 0.1) is 0 Å². The summed E-state index contributed by atoms with van der Waals surface area (Å²) in [6.45, 7) is 2.26. The number of anilines is 1. The van der Waals surface area contributed by atoms with Crippen molar-refractivity contribution in [2.24, 2.45) is 0 Å². The molecule has 1 aromatic heterocycles. The van der Waals surface area contributed by atoms with Crippen molar-refractivity contribution in [3.05, 3.63) is 18.0 Å². The van der Waals surface area contributed by atoms with E-state index >= 15 is 0 Å². The number of nitrogens with zero attached hydrogens (tertiary/aromatic N) is 2. The molecule has 0 bridgehead atoms. The van der Waals surface area contributed by atoms with Gasteiger partial charge in [0.05, 0.1) is 0 Å². The van der Waals surface area contributed by atoms with Crippen LogP contribution >= 0.6 is 0 Å². The largest absolute Gasteiger partial charge is 0.477 e. The fourth-order valence-electron chi connectivity index (χ4n) is 0.915. The molecule has 2 atom stereocenters. The van der Waals surface area contributed by atoms with E-state index in [2.05, 4.69) is 15.3 Å². The monoisotopic (exact) mass is 243 g/mol. The van der Waals surface area contributed by atoms with Crippen LogP contribution in [-0.2, 0) is 10.8 Å². The molecular weight excluding hydrogens is 230 g/mol. The number of carboxylic acid groups (broad SMARTS) is 1. The van der Waals surface area contributed by atoms with Gasteiger partial charge in [0.15, 0.2) is 5.69 Å². The molecule has 2 unspecified atom stereocenters. The highest BCUT2D eigenvalue weighted by molar-refractivity contribution is 7.84. The first-order valence-electron chi connectivity index (χ1n) is 4.63. The summed E-state index contributed by atoms with van der Waals surface area (Å²) in [6.07, 6.45) is 2.98. The van der Waals surface area contributed by atoms with Gasteiger partial charge < -0.3 is 10.4 Å². The Bertz CT molecular complexity index is 411. The highest BCUT2D eigenvalue weighted by Crippen LogP contribution is 2.01. The minimum absolute atomic E-state index is 0.0444. The molecule has 0 aliphatic heterocycles. The molecule has 1 rings (SSSR count). The molecule has 0 aliphatic rings. The van der Waals surface area contributed by atoms with Crippen molar-refractivity contribution >= 4 is 22.7 Å². The molecule has 6 nitrogen and oxygen atoms in total. The third-order valence-electron chi connectivity index (χ3n) is 1.99. The van der Waals surface area contributed by atoms with Crippen molar-refractivity contribution < 1.29 is 14.1 Å². The topological polar surface area (TPSA) is 92.2 Å². The van der Waals surface area contributed by atoms with Crippen molar-refractivity contribution in [1.82, 2.24) is 9.97 Å². The predicted octanol–water partition coefficient (Wildman–Crippen LogP) is 0.354. The van der Waals surface area contributed by atoms with E-state index in [4.69, 9.17) is 5.11 Å². The lowest BCUT2D eigenvalue weighted by Gasteiger charge is -2.09. The summed E-state index contributed by atoms with van der Waals surface area (Å²) in [4.78, 5) is 18.3. The van der Waals surface area contributed by atoms with Crippen LogP contribution in [0.5, 0.6) is 0 Å². The van der Waals surface area contributed by atoms with E-state index < -0.39 is 16.8 Å². The van der Waals surface area contributed by atoms with Crippen LogP contribution in [0.15, 0.2) is 12.3 Å². The molecule has 0 aromatic carbocycles. The van der Waals surface area contributed by atoms with Crippen molar-refractivity contribution in [3.8, 4) is 0 Å². The summed E-state index contributed by atoms with van der Waals surface area (Å²) >= 11 is 0. The standard InChI is InChI=1S/C9H13N3O3S/c1-6(16(2)15)5-11-9-10-4-3-7(12-9)8(13)14/h3-4,6H,5H2,1-2H3,(H,13,14)(H,10,11,12). The zero-order valence-electron chi connectivity index (χ0n) is 9.01. The van der Waals surface area contributed by atoms with E-state index in [1.54, 1.807) is 6.26 Å². The Morgan fingerprint density at radius 2 is 2.38 bits per heavy atom. The fourth-order valence-corrected chi connectivity index (χ4v) is 1.23. The molecule has 0 amide bonds. The molecule has 0 spiro atoms. The summed E-state index contributed by atoms with van der Waals surface area (Å²) in [6, 6.07) is 1.31. The smallest absolute Gasteiger partial charge is 0.354 e. The van der Waals surface area contributed by atoms with E-state index in [-0.39, 0.29) is 16.9 Å². The number of rotatable bonds is 5. The van der Waals surface area contributed by atoms with Crippen LogP contribution in [-0.4, -0.2) is 43.3 Å². The maximum atomic E-state index is 11.1. The van der Waals surface area contributed by atoms with Gasteiger partial charge in [-0.05, 0) is 13.0 Å². The number of carboxylic acids is 1. The van der Waals surface area contributed by atoms with Crippen LogP contribution in [0.1, 0.15) is 17.4 Å². The van der Waals surface area contributed by atoms with E-state index in [1.165, 1.54) is 12.3 Å². The summed E-state index contributed by atoms with van der Waals surface area (Å²) in [5.41, 5.74) is -0.0669. The second-order valence-corrected chi connectivity index (χ2v) is 5.06. The molecule has 88 valence electrons.